The largest absolute Gasteiger partial charge is 0.494 e. The lowest BCUT2D eigenvalue weighted by Crippen LogP contribution is -2.40. The van der Waals surface area contributed by atoms with Crippen molar-refractivity contribution in [1.82, 2.24) is 9.88 Å². The maximum atomic E-state index is 5.95. The molecule has 4 N–H and O–H groups in total. The summed E-state index contributed by atoms with van der Waals surface area (Å²) in [6, 6.07) is 8.40. The highest BCUT2D eigenvalue weighted by Gasteiger charge is 2.27. The van der Waals surface area contributed by atoms with Gasteiger partial charge in [-0.05, 0) is 86.9 Å². The van der Waals surface area contributed by atoms with Gasteiger partial charge in [0.05, 0.1) is 12.1 Å². The van der Waals surface area contributed by atoms with Crippen LogP contribution in [-0.4, -0.2) is 48.6 Å². The van der Waals surface area contributed by atoms with E-state index in [2.05, 4.69) is 46.9 Å². The van der Waals surface area contributed by atoms with E-state index in [1.54, 1.807) is 0 Å². The molecular weight excluding hydrogens is 446 g/mol. The predicted octanol–water partition coefficient (Wildman–Crippen LogP) is 5.92. The fraction of sp³-hybridized carbons (Fsp3) is 0.667. The third-order valence-electron chi connectivity index (χ3n) is 7.77. The number of nitrogens with zero attached hydrogens (tertiary/aromatic N) is 3. The number of rotatable bonds is 16. The quantitative estimate of drug-likeness (QED) is 0.171. The number of ether oxygens (including phenoxy) is 1. The van der Waals surface area contributed by atoms with E-state index in [-0.39, 0.29) is 5.96 Å². The van der Waals surface area contributed by atoms with Gasteiger partial charge in [0.15, 0.2) is 5.96 Å². The van der Waals surface area contributed by atoms with Crippen LogP contribution in [0.25, 0.3) is 10.9 Å². The van der Waals surface area contributed by atoms with Crippen molar-refractivity contribution in [3.05, 3.63) is 36.0 Å². The molecule has 0 amide bonds. The van der Waals surface area contributed by atoms with Gasteiger partial charge in [0.1, 0.15) is 5.75 Å². The van der Waals surface area contributed by atoms with Crippen LogP contribution in [-0.2, 0) is 6.42 Å². The van der Waals surface area contributed by atoms with Crippen molar-refractivity contribution in [2.45, 2.75) is 84.5 Å². The van der Waals surface area contributed by atoms with E-state index in [4.69, 9.17) is 16.2 Å². The second-order valence-electron chi connectivity index (χ2n) is 10.5. The molecule has 1 aromatic carbocycles. The summed E-state index contributed by atoms with van der Waals surface area (Å²) < 4.78 is 5.95. The number of pyridine rings is 1. The van der Waals surface area contributed by atoms with Crippen molar-refractivity contribution in [2.75, 3.05) is 32.8 Å². The number of fused-ring (bicyclic) bond motifs is 1. The molecule has 2 aromatic rings. The van der Waals surface area contributed by atoms with Gasteiger partial charge < -0.3 is 21.1 Å². The molecule has 0 bridgehead atoms. The maximum Gasteiger partial charge on any atom is 0.185 e. The molecule has 2 atom stereocenters. The molecule has 1 aliphatic heterocycles. The Balaban J connectivity index is 1.47. The number of nitrogens with two attached hydrogens (primary N) is 2. The summed E-state index contributed by atoms with van der Waals surface area (Å²) in [5.41, 5.74) is 13.2. The smallest absolute Gasteiger partial charge is 0.185 e. The Kier molecular flexibility index (Phi) is 12.3. The molecule has 0 saturated carbocycles. The Morgan fingerprint density at radius 2 is 1.92 bits per heavy atom. The van der Waals surface area contributed by atoms with Crippen molar-refractivity contribution in [3.63, 3.8) is 0 Å². The number of hydrogen-bond acceptors (Lipinski definition) is 4. The zero-order valence-electron chi connectivity index (χ0n) is 22.8. The number of aryl methyl sites for hydroxylation is 1. The molecule has 1 aromatic heterocycles. The van der Waals surface area contributed by atoms with E-state index in [9.17, 15) is 0 Å². The number of hydrogen-bond donors (Lipinski definition) is 2. The molecule has 0 aliphatic carbocycles. The third-order valence-corrected chi connectivity index (χ3v) is 7.77. The minimum Gasteiger partial charge on any atom is -0.494 e. The summed E-state index contributed by atoms with van der Waals surface area (Å²) in [4.78, 5) is 11.3. The van der Waals surface area contributed by atoms with Gasteiger partial charge in [0.25, 0.3) is 0 Å². The second kappa shape index (κ2) is 15.7. The van der Waals surface area contributed by atoms with E-state index in [0.29, 0.717) is 13.2 Å². The van der Waals surface area contributed by atoms with Crippen LogP contribution in [0.2, 0.25) is 0 Å². The first-order chi connectivity index (χ1) is 17.6. The van der Waals surface area contributed by atoms with E-state index in [1.807, 2.05) is 12.3 Å². The molecule has 36 heavy (non-hydrogen) atoms. The first-order valence-corrected chi connectivity index (χ1v) is 14.4. The minimum atomic E-state index is 0.130. The molecule has 1 aliphatic rings. The molecule has 2 heterocycles. The van der Waals surface area contributed by atoms with Crippen molar-refractivity contribution in [1.29, 1.82) is 0 Å². The number of unbranched alkanes of at least 4 members (excludes halogenated alkanes) is 4. The van der Waals surface area contributed by atoms with Gasteiger partial charge in [-0.25, -0.2) is 0 Å². The van der Waals surface area contributed by atoms with Crippen LogP contribution < -0.4 is 16.2 Å². The Morgan fingerprint density at radius 1 is 1.06 bits per heavy atom. The minimum absolute atomic E-state index is 0.130. The van der Waals surface area contributed by atoms with Gasteiger partial charge in [-0.3, -0.25) is 9.98 Å². The molecular formula is C30H49N5O. The van der Waals surface area contributed by atoms with Crippen LogP contribution in [0.1, 0.15) is 83.6 Å². The van der Waals surface area contributed by atoms with Crippen molar-refractivity contribution in [3.8, 4) is 5.75 Å². The van der Waals surface area contributed by atoms with Gasteiger partial charge >= 0.3 is 0 Å². The van der Waals surface area contributed by atoms with E-state index >= 15 is 0 Å². The maximum absolute atomic E-state index is 5.95. The van der Waals surface area contributed by atoms with Gasteiger partial charge in [-0.1, -0.05) is 46.0 Å². The zero-order valence-corrected chi connectivity index (χ0v) is 22.8. The monoisotopic (exact) mass is 495 g/mol. The molecule has 6 heteroatoms. The van der Waals surface area contributed by atoms with E-state index in [0.717, 1.165) is 35.9 Å². The van der Waals surface area contributed by atoms with E-state index in [1.165, 1.54) is 88.4 Å². The number of piperidine rings is 1. The summed E-state index contributed by atoms with van der Waals surface area (Å²) >= 11 is 0. The van der Waals surface area contributed by atoms with Crippen LogP contribution in [0.15, 0.2) is 35.5 Å². The topological polar surface area (TPSA) is 89.8 Å². The lowest BCUT2D eigenvalue weighted by molar-refractivity contribution is 0.108. The second-order valence-corrected chi connectivity index (χ2v) is 10.5. The normalized spacial score (nSPS) is 18.4. The third kappa shape index (κ3) is 9.27. The lowest BCUT2D eigenvalue weighted by Gasteiger charge is -2.38. The molecule has 1 fully saturated rings. The lowest BCUT2D eigenvalue weighted by atomic mass is 9.80. The first kappa shape index (κ1) is 28.2. The average Bonchev–Trinajstić information content (AvgIpc) is 2.89. The highest BCUT2D eigenvalue weighted by atomic mass is 16.5. The molecule has 200 valence electrons. The summed E-state index contributed by atoms with van der Waals surface area (Å²) in [5, 5.41) is 1.21. The molecule has 6 nitrogen and oxygen atoms in total. The number of aromatic nitrogens is 1. The van der Waals surface area contributed by atoms with Crippen LogP contribution >= 0.6 is 0 Å². The standard InChI is InChI=1S/C30H49N5O/c1-3-5-6-7-8-19-35-20-16-25(24(4-2)23-35)11-9-12-26-15-18-33-29-14-13-27(22-28(26)29)36-21-10-17-34-30(31)32/h13-15,18,22,24-25H,3-12,16-17,19-21,23H2,1-2H3,(H4,31,32,34)/t24-,25+/m0/s1. The van der Waals surface area contributed by atoms with Gasteiger partial charge in [0, 0.05) is 31.1 Å². The van der Waals surface area contributed by atoms with E-state index < -0.39 is 0 Å². The first-order valence-electron chi connectivity index (χ1n) is 14.4. The average molecular weight is 496 g/mol. The van der Waals surface area contributed by atoms with Crippen molar-refractivity contribution < 1.29 is 4.74 Å². The SMILES string of the molecule is CCCCCCCN1CC[C@@H](CCCc2ccnc3ccc(OCCCN=C(N)N)cc23)[C@@H](CC)C1. The molecule has 0 spiro atoms. The molecule has 0 radical (unpaired) electrons. The Hall–Kier alpha value is -2.34. The fourth-order valence-corrected chi connectivity index (χ4v) is 5.65. The van der Waals surface area contributed by atoms with Gasteiger partial charge in [0.2, 0.25) is 0 Å². The van der Waals surface area contributed by atoms with Crippen molar-refractivity contribution in [2.24, 2.45) is 28.3 Å². The zero-order chi connectivity index (χ0) is 25.6. The summed E-state index contributed by atoms with van der Waals surface area (Å²) in [5.74, 6) is 2.73. The summed E-state index contributed by atoms with van der Waals surface area (Å²) in [6.07, 6.45) is 16.0. The Morgan fingerprint density at radius 3 is 2.72 bits per heavy atom. The molecule has 3 rings (SSSR count). The summed E-state index contributed by atoms with van der Waals surface area (Å²) in [7, 11) is 0. The number of aliphatic imine (C=N–C) groups is 1. The predicted molar refractivity (Wildman–Crippen MR) is 153 cm³/mol. The number of guanidine groups is 1. The van der Waals surface area contributed by atoms with Crippen molar-refractivity contribution >= 4 is 16.9 Å². The molecule has 0 unspecified atom stereocenters. The van der Waals surface area contributed by atoms with Gasteiger partial charge in [-0.2, -0.15) is 0 Å². The Bertz CT molecular complexity index is 927. The van der Waals surface area contributed by atoms with Crippen LogP contribution in [0.4, 0.5) is 0 Å². The number of benzene rings is 1. The number of likely N-dealkylation sites (tertiary alicyclic amines) is 1. The highest BCUT2D eigenvalue weighted by Crippen LogP contribution is 2.31. The van der Waals surface area contributed by atoms with Crippen LogP contribution in [0.5, 0.6) is 5.75 Å². The van der Waals surface area contributed by atoms with Gasteiger partial charge in [-0.15, -0.1) is 0 Å². The molecule has 1 saturated heterocycles. The fourth-order valence-electron chi connectivity index (χ4n) is 5.65. The highest BCUT2D eigenvalue weighted by molar-refractivity contribution is 5.83. The van der Waals surface area contributed by atoms with Crippen LogP contribution in [0, 0.1) is 11.8 Å². The van der Waals surface area contributed by atoms with Crippen LogP contribution in [0.3, 0.4) is 0 Å². The Labute approximate surface area is 218 Å². The summed E-state index contributed by atoms with van der Waals surface area (Å²) in [6.45, 7) is 9.74.